The molecule has 0 bridgehead atoms. The molecule has 0 radical (unpaired) electrons. The Morgan fingerprint density at radius 2 is 1.94 bits per heavy atom. The Kier molecular flexibility index (Phi) is 9.03. The fourth-order valence-corrected chi connectivity index (χ4v) is 4.65. The predicted molar refractivity (Wildman–Crippen MR) is 131 cm³/mol. The average Bonchev–Trinajstić information content (AvgIpc) is 3.11. The summed E-state index contributed by atoms with van der Waals surface area (Å²) in [5.41, 5.74) is 1.61. The number of carbonyl (C=O) groups excluding carboxylic acids is 1. The Morgan fingerprint density at radius 3 is 2.71 bits per heavy atom. The van der Waals surface area contributed by atoms with Crippen molar-refractivity contribution in [1.29, 1.82) is 0 Å². The van der Waals surface area contributed by atoms with Crippen molar-refractivity contribution in [3.63, 3.8) is 0 Å². The van der Waals surface area contributed by atoms with Gasteiger partial charge in [-0.1, -0.05) is 37.2 Å². The number of unbranched alkanes of at least 4 members (excludes halogenated alkanes) is 2. The number of rotatable bonds is 11. The summed E-state index contributed by atoms with van der Waals surface area (Å²) < 4.78 is 14.6. The lowest BCUT2D eigenvalue weighted by Crippen LogP contribution is -2.18. The summed E-state index contributed by atoms with van der Waals surface area (Å²) >= 11 is 3.29. The fraction of sp³-hybridized carbons (Fsp3) is 0.417. The van der Waals surface area contributed by atoms with E-state index in [-0.39, 0.29) is 5.91 Å². The Balaban J connectivity index is 1.90. The Hall–Kier alpha value is -2.25. The van der Waals surface area contributed by atoms with E-state index in [2.05, 4.69) is 22.7 Å². The number of thioether (sulfide) groups is 1. The van der Waals surface area contributed by atoms with Crippen molar-refractivity contribution in [3.05, 3.63) is 52.8 Å². The van der Waals surface area contributed by atoms with E-state index in [1.54, 1.807) is 23.9 Å². The van der Waals surface area contributed by atoms with E-state index in [0.29, 0.717) is 29.3 Å². The molecule has 1 amide bonds. The summed E-state index contributed by atoms with van der Waals surface area (Å²) in [5, 5.41) is 0. The van der Waals surface area contributed by atoms with Crippen LogP contribution in [0.25, 0.3) is 10.2 Å². The first-order valence-corrected chi connectivity index (χ1v) is 12.9. The molecular formula is C24H30N2O3S2. The van der Waals surface area contributed by atoms with Gasteiger partial charge in [0.1, 0.15) is 11.5 Å². The third kappa shape index (κ3) is 6.37. The van der Waals surface area contributed by atoms with Crippen LogP contribution in [0, 0.1) is 0 Å². The van der Waals surface area contributed by atoms with Crippen LogP contribution in [0.5, 0.6) is 11.5 Å². The molecule has 31 heavy (non-hydrogen) atoms. The molecule has 2 aromatic carbocycles. The van der Waals surface area contributed by atoms with Crippen molar-refractivity contribution < 1.29 is 14.3 Å². The van der Waals surface area contributed by atoms with E-state index in [1.165, 1.54) is 11.3 Å². The van der Waals surface area contributed by atoms with Gasteiger partial charge in [0.15, 0.2) is 4.80 Å². The first-order chi connectivity index (χ1) is 15.2. The Morgan fingerprint density at radius 1 is 1.10 bits per heavy atom. The van der Waals surface area contributed by atoms with Crippen LogP contribution in [0.2, 0.25) is 0 Å². The molecule has 1 heterocycles. The minimum Gasteiger partial charge on any atom is -0.494 e. The first kappa shape index (κ1) is 23.4. The number of hydrogen-bond acceptors (Lipinski definition) is 5. The molecular weight excluding hydrogens is 428 g/mol. The Bertz CT molecular complexity index is 1070. The van der Waals surface area contributed by atoms with Gasteiger partial charge in [-0.2, -0.15) is 16.8 Å². The van der Waals surface area contributed by atoms with E-state index in [9.17, 15) is 4.79 Å². The van der Waals surface area contributed by atoms with Crippen LogP contribution < -0.4 is 14.3 Å². The van der Waals surface area contributed by atoms with Crippen molar-refractivity contribution in [1.82, 2.24) is 4.57 Å². The van der Waals surface area contributed by atoms with E-state index in [0.717, 1.165) is 47.5 Å². The number of aromatic nitrogens is 1. The van der Waals surface area contributed by atoms with Crippen molar-refractivity contribution in [2.24, 2.45) is 4.99 Å². The molecule has 5 nitrogen and oxygen atoms in total. The molecule has 3 rings (SSSR count). The highest BCUT2D eigenvalue weighted by Gasteiger charge is 2.11. The zero-order valence-corrected chi connectivity index (χ0v) is 20.1. The molecule has 0 N–H and O–H groups in total. The molecule has 0 atom stereocenters. The maximum Gasteiger partial charge on any atom is 0.279 e. The second kappa shape index (κ2) is 12.0. The second-order valence-corrected chi connectivity index (χ2v) is 9.09. The number of nitrogens with zero attached hydrogens (tertiary/aromatic N) is 2. The van der Waals surface area contributed by atoms with Crippen LogP contribution in [0.1, 0.15) is 43.5 Å². The average molecular weight is 459 g/mol. The van der Waals surface area contributed by atoms with E-state index >= 15 is 0 Å². The molecule has 166 valence electrons. The van der Waals surface area contributed by atoms with Crippen LogP contribution in [0.3, 0.4) is 0 Å². The predicted octanol–water partition coefficient (Wildman–Crippen LogP) is 5.77. The largest absolute Gasteiger partial charge is 0.494 e. The number of hydrogen-bond donors (Lipinski definition) is 0. The van der Waals surface area contributed by atoms with Gasteiger partial charge in [-0.25, -0.2) is 0 Å². The van der Waals surface area contributed by atoms with Crippen molar-refractivity contribution in [3.8, 4) is 11.5 Å². The highest BCUT2D eigenvalue weighted by molar-refractivity contribution is 7.98. The van der Waals surface area contributed by atoms with Gasteiger partial charge in [-0.05, 0) is 56.0 Å². The van der Waals surface area contributed by atoms with Gasteiger partial charge < -0.3 is 14.0 Å². The van der Waals surface area contributed by atoms with Crippen LogP contribution in [-0.4, -0.2) is 35.7 Å². The molecule has 0 fully saturated rings. The third-order valence-electron chi connectivity index (χ3n) is 4.78. The molecule has 0 aliphatic heterocycles. The molecule has 3 aromatic rings. The quantitative estimate of drug-likeness (QED) is 0.342. The summed E-state index contributed by atoms with van der Waals surface area (Å²) in [6, 6.07) is 13.3. The summed E-state index contributed by atoms with van der Waals surface area (Å²) in [4.78, 5) is 18.1. The lowest BCUT2D eigenvalue weighted by molar-refractivity contribution is 0.0997. The van der Waals surface area contributed by atoms with Gasteiger partial charge in [-0.15, -0.1) is 0 Å². The van der Waals surface area contributed by atoms with Crippen LogP contribution >= 0.6 is 23.1 Å². The third-order valence-corrected chi connectivity index (χ3v) is 6.41. The number of thiazole rings is 1. The highest BCUT2D eigenvalue weighted by atomic mass is 32.2. The van der Waals surface area contributed by atoms with E-state index < -0.39 is 0 Å². The smallest absolute Gasteiger partial charge is 0.279 e. The lowest BCUT2D eigenvalue weighted by Gasteiger charge is -2.07. The monoisotopic (exact) mass is 458 g/mol. The topological polar surface area (TPSA) is 52.8 Å². The Labute approximate surface area is 192 Å². The van der Waals surface area contributed by atoms with Gasteiger partial charge in [0.05, 0.1) is 23.4 Å². The zero-order chi connectivity index (χ0) is 22.1. The molecule has 0 saturated carbocycles. The minimum atomic E-state index is -0.256. The summed E-state index contributed by atoms with van der Waals surface area (Å²) in [6.45, 7) is 6.21. The van der Waals surface area contributed by atoms with Crippen molar-refractivity contribution in [2.75, 3.05) is 25.2 Å². The van der Waals surface area contributed by atoms with E-state index in [1.807, 2.05) is 37.3 Å². The number of aryl methyl sites for hydroxylation is 1. The van der Waals surface area contributed by atoms with Crippen molar-refractivity contribution in [2.45, 2.75) is 39.7 Å². The number of benzene rings is 2. The lowest BCUT2D eigenvalue weighted by atomic mass is 10.2. The summed E-state index contributed by atoms with van der Waals surface area (Å²) in [5.74, 6) is 2.24. The van der Waals surface area contributed by atoms with Crippen LogP contribution in [-0.2, 0) is 6.54 Å². The SMILES string of the molecule is CCCCCOc1cccc(C(=O)N=c2sc3cc(OCC)ccc3n2CCSC)c1. The van der Waals surface area contributed by atoms with Crippen molar-refractivity contribution >= 4 is 39.2 Å². The van der Waals surface area contributed by atoms with Crippen LogP contribution in [0.15, 0.2) is 47.5 Å². The summed E-state index contributed by atoms with van der Waals surface area (Å²) in [6.07, 6.45) is 5.38. The second-order valence-electron chi connectivity index (χ2n) is 7.09. The molecule has 7 heteroatoms. The number of ether oxygens (including phenoxy) is 2. The standard InChI is InChI=1S/C24H30N2O3S2/c1-4-6-7-14-29-19-10-8-9-18(16-19)23(27)25-24-26(13-15-30-3)21-12-11-20(28-5-2)17-22(21)31-24/h8-12,16-17H,4-7,13-15H2,1-3H3. The normalized spacial score (nSPS) is 11.8. The van der Waals surface area contributed by atoms with Gasteiger partial charge in [0, 0.05) is 17.9 Å². The minimum absolute atomic E-state index is 0.256. The van der Waals surface area contributed by atoms with E-state index in [4.69, 9.17) is 9.47 Å². The van der Waals surface area contributed by atoms with Crippen LogP contribution in [0.4, 0.5) is 0 Å². The number of carbonyl (C=O) groups is 1. The van der Waals surface area contributed by atoms with Gasteiger partial charge in [0.25, 0.3) is 5.91 Å². The highest BCUT2D eigenvalue weighted by Crippen LogP contribution is 2.24. The van der Waals surface area contributed by atoms with Gasteiger partial charge >= 0.3 is 0 Å². The fourth-order valence-electron chi connectivity index (χ4n) is 3.21. The van der Waals surface area contributed by atoms with Gasteiger partial charge in [0.2, 0.25) is 0 Å². The number of amides is 1. The molecule has 0 spiro atoms. The van der Waals surface area contributed by atoms with Gasteiger partial charge in [-0.3, -0.25) is 4.79 Å². The molecule has 0 aliphatic rings. The molecule has 0 saturated heterocycles. The molecule has 1 aromatic heterocycles. The zero-order valence-electron chi connectivity index (χ0n) is 18.4. The summed E-state index contributed by atoms with van der Waals surface area (Å²) in [7, 11) is 0. The maximum absolute atomic E-state index is 13.0. The molecule has 0 unspecified atom stereocenters. The maximum atomic E-state index is 13.0. The first-order valence-electron chi connectivity index (χ1n) is 10.7. The number of fused-ring (bicyclic) bond motifs is 1. The molecule has 0 aliphatic carbocycles.